The van der Waals surface area contributed by atoms with Crippen LogP contribution in [0.4, 0.5) is 0 Å². The van der Waals surface area contributed by atoms with E-state index in [0.29, 0.717) is 11.7 Å². The fraction of sp³-hybridized carbons (Fsp3) is 0.0536. The maximum atomic E-state index is 5.61. The Labute approximate surface area is 347 Å². The van der Waals surface area contributed by atoms with Gasteiger partial charge in [0.25, 0.3) is 0 Å². The zero-order chi connectivity index (χ0) is 39.7. The summed E-state index contributed by atoms with van der Waals surface area (Å²) >= 11 is 0. The predicted octanol–water partition coefficient (Wildman–Crippen LogP) is 14.6. The summed E-state index contributed by atoms with van der Waals surface area (Å²) in [4.78, 5) is 15.9. The molecule has 12 rings (SSSR count). The monoisotopic (exact) mass is 766 g/mol. The summed E-state index contributed by atoms with van der Waals surface area (Å²) in [5, 5.41) is 9.46. The highest BCUT2D eigenvalue weighted by atomic mass is 15.0. The second-order valence-corrected chi connectivity index (χ2v) is 16.0. The molecule has 0 radical (unpaired) electrons. The molecule has 0 aliphatic heterocycles. The molecule has 1 unspecified atom stereocenters. The van der Waals surface area contributed by atoms with E-state index in [1.165, 1.54) is 48.9 Å². The van der Waals surface area contributed by atoms with Gasteiger partial charge in [-0.25, -0.2) is 15.0 Å². The highest BCUT2D eigenvalue weighted by Gasteiger charge is 2.22. The number of hydrogen-bond acceptors (Lipinski definition) is 3. The van der Waals surface area contributed by atoms with E-state index in [-0.39, 0.29) is 0 Å². The zero-order valence-electron chi connectivity index (χ0n) is 33.0. The molecule has 282 valence electrons. The van der Waals surface area contributed by atoms with Crippen LogP contribution >= 0.6 is 0 Å². The smallest absolute Gasteiger partial charge is 0.160 e. The van der Waals surface area contributed by atoms with Crippen molar-refractivity contribution in [3.8, 4) is 39.5 Å². The van der Waals surface area contributed by atoms with Crippen molar-refractivity contribution in [3.05, 3.63) is 200 Å². The van der Waals surface area contributed by atoms with Crippen LogP contribution in [0.15, 0.2) is 194 Å². The summed E-state index contributed by atoms with van der Waals surface area (Å²) in [5.41, 5.74) is 12.8. The Kier molecular flexibility index (Phi) is 7.85. The second kappa shape index (κ2) is 13.7. The SMILES string of the molecule is CC1C=CC(c2nc3c(-c4ccc(-c5nc(-c6ccc7ccccc7c6)c6ccccc6n5)cc4)cccc3c3c2ccc2c3c3ccccc3n2-c2ccccc2)=CC1. The molecule has 1 atom stereocenters. The molecule has 0 saturated carbocycles. The van der Waals surface area contributed by atoms with Crippen LogP contribution in [0.1, 0.15) is 19.0 Å². The van der Waals surface area contributed by atoms with Crippen LogP contribution in [0.5, 0.6) is 0 Å². The Morgan fingerprint density at radius 2 is 1.23 bits per heavy atom. The van der Waals surface area contributed by atoms with E-state index in [4.69, 9.17) is 15.0 Å². The summed E-state index contributed by atoms with van der Waals surface area (Å²) in [6.45, 7) is 2.27. The normalized spacial score (nSPS) is 14.2. The van der Waals surface area contributed by atoms with Gasteiger partial charge in [0, 0.05) is 54.7 Å². The highest BCUT2D eigenvalue weighted by Crippen LogP contribution is 2.44. The summed E-state index contributed by atoms with van der Waals surface area (Å²) in [6, 6.07) is 62.8. The van der Waals surface area contributed by atoms with Crippen LogP contribution < -0.4 is 0 Å². The van der Waals surface area contributed by atoms with Crippen LogP contribution in [0.2, 0.25) is 0 Å². The number of fused-ring (bicyclic) bond motifs is 9. The van der Waals surface area contributed by atoms with Crippen molar-refractivity contribution in [1.29, 1.82) is 0 Å². The molecule has 0 N–H and O–H groups in total. The Hall–Kier alpha value is -7.69. The largest absolute Gasteiger partial charge is 0.309 e. The van der Waals surface area contributed by atoms with Crippen molar-refractivity contribution in [2.75, 3.05) is 0 Å². The number of nitrogens with zero attached hydrogens (tertiary/aromatic N) is 4. The molecule has 0 amide bonds. The van der Waals surface area contributed by atoms with Crippen LogP contribution in [0.3, 0.4) is 0 Å². The average molecular weight is 767 g/mol. The molecule has 1 aliphatic rings. The number of allylic oxidation sites excluding steroid dienone is 4. The van der Waals surface area contributed by atoms with Gasteiger partial charge in [-0.1, -0.05) is 165 Å². The van der Waals surface area contributed by atoms with Gasteiger partial charge in [0.2, 0.25) is 0 Å². The van der Waals surface area contributed by atoms with E-state index in [1.54, 1.807) is 0 Å². The maximum Gasteiger partial charge on any atom is 0.160 e. The van der Waals surface area contributed by atoms with Gasteiger partial charge in [0.1, 0.15) is 0 Å². The third-order valence-corrected chi connectivity index (χ3v) is 12.3. The Morgan fingerprint density at radius 3 is 2.08 bits per heavy atom. The van der Waals surface area contributed by atoms with Gasteiger partial charge >= 0.3 is 0 Å². The third kappa shape index (κ3) is 5.49. The first-order valence-corrected chi connectivity index (χ1v) is 20.8. The van der Waals surface area contributed by atoms with Gasteiger partial charge in [0.05, 0.1) is 33.5 Å². The topological polar surface area (TPSA) is 43.6 Å². The molecule has 11 aromatic rings. The lowest BCUT2D eigenvalue weighted by molar-refractivity contribution is 0.739. The molecule has 3 aromatic heterocycles. The van der Waals surface area contributed by atoms with Gasteiger partial charge in [-0.2, -0.15) is 0 Å². The Balaban J connectivity index is 1.06. The number of hydrogen-bond donors (Lipinski definition) is 0. The molecule has 1 aliphatic carbocycles. The van der Waals surface area contributed by atoms with E-state index >= 15 is 0 Å². The lowest BCUT2D eigenvalue weighted by atomic mass is 9.90. The molecule has 0 spiro atoms. The molecule has 60 heavy (non-hydrogen) atoms. The number of aromatic nitrogens is 4. The third-order valence-electron chi connectivity index (χ3n) is 12.3. The van der Waals surface area contributed by atoms with Gasteiger partial charge < -0.3 is 4.57 Å². The quantitative estimate of drug-likeness (QED) is 0.164. The molecule has 0 bridgehead atoms. The molecule has 4 heteroatoms. The predicted molar refractivity (Wildman–Crippen MR) is 251 cm³/mol. The van der Waals surface area contributed by atoms with Crippen LogP contribution in [0.25, 0.3) is 110 Å². The van der Waals surface area contributed by atoms with Crippen molar-refractivity contribution < 1.29 is 0 Å². The highest BCUT2D eigenvalue weighted by molar-refractivity contribution is 6.30. The molecular weight excluding hydrogens is 729 g/mol. The lowest BCUT2D eigenvalue weighted by Crippen LogP contribution is -1.99. The molecule has 0 saturated heterocycles. The summed E-state index contributed by atoms with van der Waals surface area (Å²) < 4.78 is 2.40. The zero-order valence-corrected chi connectivity index (χ0v) is 33.0. The van der Waals surface area contributed by atoms with Gasteiger partial charge in [-0.3, -0.25) is 0 Å². The molecule has 4 nitrogen and oxygen atoms in total. The van der Waals surface area contributed by atoms with Crippen molar-refractivity contribution >= 4 is 70.7 Å². The number of para-hydroxylation sites is 4. The Morgan fingerprint density at radius 1 is 0.500 bits per heavy atom. The fourth-order valence-corrected chi connectivity index (χ4v) is 9.35. The van der Waals surface area contributed by atoms with Crippen LogP contribution in [-0.4, -0.2) is 19.5 Å². The molecular formula is C56H38N4. The molecule has 0 fully saturated rings. The lowest BCUT2D eigenvalue weighted by Gasteiger charge is -2.17. The summed E-state index contributed by atoms with van der Waals surface area (Å²) in [6.07, 6.45) is 7.94. The molecule has 3 heterocycles. The van der Waals surface area contributed by atoms with Crippen LogP contribution in [0, 0.1) is 5.92 Å². The average Bonchev–Trinajstić information content (AvgIpc) is 3.66. The first kappa shape index (κ1) is 34.4. The fourth-order valence-electron chi connectivity index (χ4n) is 9.35. The Bertz CT molecular complexity index is 3580. The molecule has 8 aromatic carbocycles. The van der Waals surface area contributed by atoms with Crippen molar-refractivity contribution in [2.24, 2.45) is 5.92 Å². The van der Waals surface area contributed by atoms with Gasteiger partial charge in [-0.15, -0.1) is 0 Å². The minimum Gasteiger partial charge on any atom is -0.309 e. The van der Waals surface area contributed by atoms with Crippen LogP contribution in [-0.2, 0) is 0 Å². The van der Waals surface area contributed by atoms with E-state index in [0.717, 1.165) is 67.6 Å². The van der Waals surface area contributed by atoms with Gasteiger partial charge in [-0.05, 0) is 70.6 Å². The second-order valence-electron chi connectivity index (χ2n) is 16.0. The van der Waals surface area contributed by atoms with Crippen molar-refractivity contribution in [1.82, 2.24) is 19.5 Å². The number of benzene rings is 8. The summed E-state index contributed by atoms with van der Waals surface area (Å²) in [5.74, 6) is 1.20. The van der Waals surface area contributed by atoms with E-state index in [9.17, 15) is 0 Å². The van der Waals surface area contributed by atoms with Crippen molar-refractivity contribution in [3.63, 3.8) is 0 Å². The van der Waals surface area contributed by atoms with E-state index in [1.807, 2.05) is 6.07 Å². The number of rotatable bonds is 5. The maximum absolute atomic E-state index is 5.61. The standard InChI is InChI=1S/C56H38N4/c1-35-22-24-38(25-23-35)53-47-32-33-50-52(45-17-8-10-21-49(45)60(50)42-14-3-2-4-15-42)51(47)46-19-11-18-43(55(46)58-53)37-27-29-39(30-28-37)56-57-48-20-9-7-16-44(48)54(59-56)41-31-26-36-12-5-6-13-40(36)34-41/h2-22,24-35H,23H2,1H3. The van der Waals surface area contributed by atoms with E-state index < -0.39 is 0 Å². The first-order chi connectivity index (χ1) is 29.7. The first-order valence-electron chi connectivity index (χ1n) is 20.8. The summed E-state index contributed by atoms with van der Waals surface area (Å²) in [7, 11) is 0. The van der Waals surface area contributed by atoms with E-state index in [2.05, 4.69) is 200 Å². The minimum absolute atomic E-state index is 0.500. The van der Waals surface area contributed by atoms with Crippen molar-refractivity contribution in [2.45, 2.75) is 13.3 Å². The van der Waals surface area contributed by atoms with Gasteiger partial charge in [0.15, 0.2) is 5.82 Å². The number of pyridine rings is 1. The minimum atomic E-state index is 0.500.